The van der Waals surface area contributed by atoms with E-state index in [1.54, 1.807) is 28.8 Å². The van der Waals surface area contributed by atoms with Gasteiger partial charge in [0.1, 0.15) is 5.82 Å². The van der Waals surface area contributed by atoms with Crippen molar-refractivity contribution in [1.29, 1.82) is 0 Å². The van der Waals surface area contributed by atoms with Crippen LogP contribution >= 0.6 is 11.8 Å². The molecule has 0 bridgehead atoms. The highest BCUT2D eigenvalue weighted by molar-refractivity contribution is 7.99. The highest BCUT2D eigenvalue weighted by Gasteiger charge is 2.30. The van der Waals surface area contributed by atoms with E-state index in [1.807, 2.05) is 0 Å². The number of likely N-dealkylation sites (tertiary alicyclic amines) is 1. The Labute approximate surface area is 140 Å². The molecule has 1 saturated heterocycles. The molecular weight excluding hydrogens is 315 g/mol. The van der Waals surface area contributed by atoms with Gasteiger partial charge in [-0.3, -0.25) is 9.59 Å². The minimum absolute atomic E-state index is 0.00151. The lowest BCUT2D eigenvalue weighted by Gasteiger charge is -2.17. The zero-order valence-corrected chi connectivity index (χ0v) is 14.2. The van der Waals surface area contributed by atoms with Crippen molar-refractivity contribution in [1.82, 2.24) is 10.2 Å². The number of carbonyl (C=O) groups is 2. The number of benzene rings is 1. The molecule has 1 aromatic rings. The molecule has 1 heterocycles. The van der Waals surface area contributed by atoms with Gasteiger partial charge in [0.15, 0.2) is 0 Å². The van der Waals surface area contributed by atoms with Crippen molar-refractivity contribution in [3.63, 3.8) is 0 Å². The second kappa shape index (κ2) is 8.91. The molecule has 1 aromatic carbocycles. The maximum absolute atomic E-state index is 12.9. The van der Waals surface area contributed by atoms with Crippen LogP contribution in [-0.4, -0.2) is 47.4 Å². The van der Waals surface area contributed by atoms with Crippen molar-refractivity contribution in [3.8, 4) is 0 Å². The minimum atomic E-state index is -0.255. The number of carbonyl (C=O) groups excluding carboxylic acids is 2. The van der Waals surface area contributed by atoms with Crippen LogP contribution in [0.25, 0.3) is 0 Å². The van der Waals surface area contributed by atoms with Crippen molar-refractivity contribution in [2.75, 3.05) is 24.6 Å². The Morgan fingerprint density at radius 3 is 2.83 bits per heavy atom. The number of amides is 2. The minimum Gasteiger partial charge on any atom is -0.350 e. The van der Waals surface area contributed by atoms with Gasteiger partial charge in [0.2, 0.25) is 11.8 Å². The fraction of sp³-hybridized carbons (Fsp3) is 0.529. The summed E-state index contributed by atoms with van der Waals surface area (Å²) in [6.45, 7) is 3.24. The highest BCUT2D eigenvalue weighted by atomic mass is 32.2. The fourth-order valence-electron chi connectivity index (χ4n) is 2.58. The predicted octanol–water partition coefficient (Wildman–Crippen LogP) is 2.23. The third-order valence-corrected chi connectivity index (χ3v) is 4.91. The monoisotopic (exact) mass is 338 g/mol. The molecule has 126 valence electrons. The lowest BCUT2D eigenvalue weighted by molar-refractivity contribution is -0.127. The second-order valence-electron chi connectivity index (χ2n) is 5.74. The van der Waals surface area contributed by atoms with Crippen LogP contribution < -0.4 is 5.32 Å². The highest BCUT2D eigenvalue weighted by Crippen LogP contribution is 2.13. The maximum Gasteiger partial charge on any atom is 0.230 e. The molecule has 0 saturated carbocycles. The Hall–Kier alpha value is -1.56. The van der Waals surface area contributed by atoms with Gasteiger partial charge in [0.05, 0.1) is 11.8 Å². The molecule has 2 rings (SSSR count). The first-order valence-electron chi connectivity index (χ1n) is 7.97. The molecule has 0 aliphatic carbocycles. The van der Waals surface area contributed by atoms with Crippen LogP contribution in [0.15, 0.2) is 24.3 Å². The first kappa shape index (κ1) is 17.8. The average molecular weight is 338 g/mol. The third kappa shape index (κ3) is 5.86. The normalized spacial score (nSPS) is 17.6. The van der Waals surface area contributed by atoms with Gasteiger partial charge in [-0.2, -0.15) is 11.8 Å². The third-order valence-electron chi connectivity index (χ3n) is 3.74. The van der Waals surface area contributed by atoms with Gasteiger partial charge in [-0.25, -0.2) is 4.39 Å². The zero-order valence-electron chi connectivity index (χ0n) is 13.4. The molecule has 23 heavy (non-hydrogen) atoms. The number of nitrogens with zero attached hydrogens (tertiary/aromatic N) is 1. The average Bonchev–Trinajstić information content (AvgIpc) is 2.86. The van der Waals surface area contributed by atoms with E-state index in [1.165, 1.54) is 12.1 Å². The van der Waals surface area contributed by atoms with Gasteiger partial charge in [0, 0.05) is 19.5 Å². The molecule has 1 N–H and O–H groups in total. The number of rotatable bonds is 8. The van der Waals surface area contributed by atoms with E-state index >= 15 is 0 Å². The molecule has 6 heteroatoms. The van der Waals surface area contributed by atoms with Crippen LogP contribution in [0.2, 0.25) is 0 Å². The molecule has 0 aromatic heterocycles. The topological polar surface area (TPSA) is 49.4 Å². The number of halogens is 1. The van der Waals surface area contributed by atoms with E-state index in [0.717, 1.165) is 17.7 Å². The fourth-order valence-corrected chi connectivity index (χ4v) is 3.28. The van der Waals surface area contributed by atoms with Gasteiger partial charge < -0.3 is 10.2 Å². The van der Waals surface area contributed by atoms with Crippen LogP contribution in [-0.2, 0) is 16.0 Å². The molecule has 1 atom stereocenters. The van der Waals surface area contributed by atoms with E-state index in [4.69, 9.17) is 0 Å². The van der Waals surface area contributed by atoms with E-state index < -0.39 is 0 Å². The zero-order chi connectivity index (χ0) is 16.7. The summed E-state index contributed by atoms with van der Waals surface area (Å²) in [6.07, 6.45) is 2.11. The molecule has 1 unspecified atom stereocenters. The van der Waals surface area contributed by atoms with Crippen LogP contribution in [0.4, 0.5) is 4.39 Å². The van der Waals surface area contributed by atoms with Crippen LogP contribution in [0.1, 0.15) is 25.3 Å². The largest absolute Gasteiger partial charge is 0.350 e. The molecule has 2 amide bonds. The van der Waals surface area contributed by atoms with Gasteiger partial charge in [-0.1, -0.05) is 19.1 Å². The van der Waals surface area contributed by atoms with Crippen LogP contribution in [0.3, 0.4) is 0 Å². The molecule has 1 aliphatic rings. The Morgan fingerprint density at radius 2 is 2.13 bits per heavy atom. The van der Waals surface area contributed by atoms with Crippen molar-refractivity contribution in [2.24, 2.45) is 0 Å². The number of hydrogen-bond acceptors (Lipinski definition) is 3. The van der Waals surface area contributed by atoms with E-state index in [9.17, 15) is 14.0 Å². The standard InChI is InChI=1S/C17H23FN2O2S/c1-2-9-23-12-16(21)19-15-10-17(22)20(11-15)8-7-13-3-5-14(18)6-4-13/h3-6,15H,2,7-12H2,1H3,(H,19,21). The summed E-state index contributed by atoms with van der Waals surface area (Å²) in [5.41, 5.74) is 1.00. The maximum atomic E-state index is 12.9. The smallest absolute Gasteiger partial charge is 0.230 e. The summed E-state index contributed by atoms with van der Waals surface area (Å²) in [4.78, 5) is 25.6. The van der Waals surface area contributed by atoms with Crippen LogP contribution in [0.5, 0.6) is 0 Å². The second-order valence-corrected chi connectivity index (χ2v) is 6.84. The van der Waals surface area contributed by atoms with Crippen LogP contribution in [0, 0.1) is 5.82 Å². The summed E-state index contributed by atoms with van der Waals surface area (Å²) in [5.74, 6) is 1.24. The van der Waals surface area contributed by atoms with Gasteiger partial charge in [-0.15, -0.1) is 0 Å². The molecule has 0 radical (unpaired) electrons. The SMILES string of the molecule is CCCSCC(=O)NC1CC(=O)N(CCc2ccc(F)cc2)C1. The van der Waals surface area contributed by atoms with Crippen molar-refractivity contribution >= 4 is 23.6 Å². The first-order chi connectivity index (χ1) is 11.1. The lowest BCUT2D eigenvalue weighted by Crippen LogP contribution is -2.38. The van der Waals surface area contributed by atoms with Gasteiger partial charge in [0.25, 0.3) is 0 Å². The Morgan fingerprint density at radius 1 is 1.39 bits per heavy atom. The molecule has 4 nitrogen and oxygen atoms in total. The number of thioether (sulfide) groups is 1. The Balaban J connectivity index is 1.74. The van der Waals surface area contributed by atoms with Gasteiger partial charge in [-0.05, 0) is 36.3 Å². The Bertz CT molecular complexity index is 536. The predicted molar refractivity (Wildman–Crippen MR) is 90.8 cm³/mol. The van der Waals surface area contributed by atoms with Gasteiger partial charge >= 0.3 is 0 Å². The number of hydrogen-bond donors (Lipinski definition) is 1. The Kier molecular flexibility index (Phi) is 6.89. The molecule has 1 fully saturated rings. The summed E-state index contributed by atoms with van der Waals surface area (Å²) in [7, 11) is 0. The molecule has 0 spiro atoms. The van der Waals surface area contributed by atoms with E-state index in [-0.39, 0.29) is 23.7 Å². The van der Waals surface area contributed by atoms with Crippen molar-refractivity contribution in [3.05, 3.63) is 35.6 Å². The van der Waals surface area contributed by atoms with E-state index in [2.05, 4.69) is 12.2 Å². The quantitative estimate of drug-likeness (QED) is 0.740. The number of nitrogens with one attached hydrogen (secondary N) is 1. The summed E-state index contributed by atoms with van der Waals surface area (Å²) in [6, 6.07) is 6.24. The summed E-state index contributed by atoms with van der Waals surface area (Å²) >= 11 is 1.61. The summed E-state index contributed by atoms with van der Waals surface area (Å²) < 4.78 is 12.9. The molecular formula is C17H23FN2O2S. The van der Waals surface area contributed by atoms with Crippen molar-refractivity contribution < 1.29 is 14.0 Å². The van der Waals surface area contributed by atoms with E-state index in [0.29, 0.717) is 31.7 Å². The lowest BCUT2D eigenvalue weighted by atomic mass is 10.1. The first-order valence-corrected chi connectivity index (χ1v) is 9.13. The van der Waals surface area contributed by atoms with Crippen molar-refractivity contribution in [2.45, 2.75) is 32.2 Å². The molecule has 1 aliphatic heterocycles. The summed E-state index contributed by atoms with van der Waals surface area (Å²) in [5, 5.41) is 2.93.